The molecule has 0 spiro atoms. The molecule has 23 heavy (non-hydrogen) atoms. The number of alkyl halides is 3. The summed E-state index contributed by atoms with van der Waals surface area (Å²) < 4.78 is 43.2. The van der Waals surface area contributed by atoms with E-state index in [1.165, 1.54) is 12.1 Å². The lowest BCUT2D eigenvalue weighted by Gasteiger charge is -2.34. The molecule has 128 valence electrons. The highest BCUT2D eigenvalue weighted by molar-refractivity contribution is 5.68. The highest BCUT2D eigenvalue weighted by Gasteiger charge is 2.31. The fourth-order valence-corrected chi connectivity index (χ4v) is 2.69. The third-order valence-electron chi connectivity index (χ3n) is 3.78. The van der Waals surface area contributed by atoms with Gasteiger partial charge in [-0.3, -0.25) is 0 Å². The number of piperidine rings is 1. The van der Waals surface area contributed by atoms with Gasteiger partial charge in [-0.05, 0) is 51.3 Å². The first-order valence-electron chi connectivity index (χ1n) is 7.71. The van der Waals surface area contributed by atoms with Gasteiger partial charge in [-0.2, -0.15) is 13.2 Å². The number of hydrogen-bond acceptors (Lipinski definition) is 2. The van der Waals surface area contributed by atoms with Gasteiger partial charge in [-0.25, -0.2) is 4.79 Å². The van der Waals surface area contributed by atoms with Gasteiger partial charge in [0.1, 0.15) is 5.60 Å². The molecular weight excluding hydrogens is 307 g/mol. The van der Waals surface area contributed by atoms with E-state index in [4.69, 9.17) is 4.74 Å². The summed E-state index contributed by atoms with van der Waals surface area (Å²) in [6.07, 6.45) is -3.03. The van der Waals surface area contributed by atoms with Crippen molar-refractivity contribution < 1.29 is 22.7 Å². The molecule has 2 rings (SSSR count). The largest absolute Gasteiger partial charge is 0.444 e. The Morgan fingerprint density at radius 2 is 1.78 bits per heavy atom. The Kier molecular flexibility index (Phi) is 4.92. The van der Waals surface area contributed by atoms with Crippen LogP contribution in [0.4, 0.5) is 18.0 Å². The van der Waals surface area contributed by atoms with Crippen molar-refractivity contribution in [1.82, 2.24) is 4.90 Å². The first-order valence-corrected chi connectivity index (χ1v) is 7.71. The van der Waals surface area contributed by atoms with E-state index in [-0.39, 0.29) is 12.0 Å². The van der Waals surface area contributed by atoms with Gasteiger partial charge in [-0.1, -0.05) is 12.1 Å². The van der Waals surface area contributed by atoms with Crippen LogP contribution >= 0.6 is 0 Å². The normalized spacial score (nSPS) is 19.6. The molecule has 1 heterocycles. The Balaban J connectivity index is 2.05. The van der Waals surface area contributed by atoms with Crippen LogP contribution in [0.1, 0.15) is 50.7 Å². The fraction of sp³-hybridized carbons (Fsp3) is 0.588. The van der Waals surface area contributed by atoms with Crippen LogP contribution in [-0.4, -0.2) is 29.7 Å². The monoisotopic (exact) mass is 329 g/mol. The number of ether oxygens (including phenoxy) is 1. The molecule has 0 aliphatic carbocycles. The van der Waals surface area contributed by atoms with Crippen LogP contribution in [0, 0.1) is 0 Å². The summed E-state index contributed by atoms with van der Waals surface area (Å²) in [5.41, 5.74) is -0.384. The maximum absolute atomic E-state index is 12.6. The average Bonchev–Trinajstić information content (AvgIpc) is 2.45. The molecule has 0 N–H and O–H groups in total. The lowest BCUT2D eigenvalue weighted by molar-refractivity contribution is -0.137. The first kappa shape index (κ1) is 17.6. The number of halogens is 3. The SMILES string of the molecule is CC(C)(C)OC(=O)N1CCCC(c2ccc(C(F)(F)F)cc2)C1. The second-order valence-corrected chi connectivity index (χ2v) is 6.89. The molecule has 1 amide bonds. The van der Waals surface area contributed by atoms with Gasteiger partial charge in [0.25, 0.3) is 0 Å². The van der Waals surface area contributed by atoms with Gasteiger partial charge in [0.15, 0.2) is 0 Å². The Labute approximate surface area is 134 Å². The summed E-state index contributed by atoms with van der Waals surface area (Å²) in [5.74, 6) is 0.0403. The van der Waals surface area contributed by atoms with Crippen molar-refractivity contribution in [2.24, 2.45) is 0 Å². The Bertz CT molecular complexity index is 546. The van der Waals surface area contributed by atoms with Gasteiger partial charge in [0, 0.05) is 19.0 Å². The van der Waals surface area contributed by atoms with Crippen molar-refractivity contribution >= 4 is 6.09 Å². The summed E-state index contributed by atoms with van der Waals surface area (Å²) in [4.78, 5) is 13.8. The molecule has 1 fully saturated rings. The molecule has 1 aliphatic heterocycles. The topological polar surface area (TPSA) is 29.5 Å². The van der Waals surface area contributed by atoms with E-state index < -0.39 is 17.3 Å². The summed E-state index contributed by atoms with van der Waals surface area (Å²) in [6.45, 7) is 6.51. The number of benzene rings is 1. The highest BCUT2D eigenvalue weighted by Crippen LogP contribution is 2.32. The predicted molar refractivity (Wildman–Crippen MR) is 81.2 cm³/mol. The Morgan fingerprint density at radius 3 is 2.30 bits per heavy atom. The number of likely N-dealkylation sites (tertiary alicyclic amines) is 1. The highest BCUT2D eigenvalue weighted by atomic mass is 19.4. The Hall–Kier alpha value is -1.72. The van der Waals surface area contributed by atoms with Crippen molar-refractivity contribution in [1.29, 1.82) is 0 Å². The lowest BCUT2D eigenvalue weighted by Crippen LogP contribution is -2.42. The van der Waals surface area contributed by atoms with Crippen LogP contribution in [0.5, 0.6) is 0 Å². The molecule has 0 bridgehead atoms. The maximum atomic E-state index is 12.6. The van der Waals surface area contributed by atoms with Gasteiger partial charge >= 0.3 is 12.3 Å². The van der Waals surface area contributed by atoms with Crippen molar-refractivity contribution in [3.8, 4) is 0 Å². The van der Waals surface area contributed by atoms with E-state index in [2.05, 4.69) is 0 Å². The van der Waals surface area contributed by atoms with Gasteiger partial charge in [-0.15, -0.1) is 0 Å². The third kappa shape index (κ3) is 4.88. The molecule has 3 nitrogen and oxygen atoms in total. The number of hydrogen-bond donors (Lipinski definition) is 0. The van der Waals surface area contributed by atoms with E-state index in [9.17, 15) is 18.0 Å². The number of amides is 1. The van der Waals surface area contributed by atoms with Crippen LogP contribution in [0.2, 0.25) is 0 Å². The smallest absolute Gasteiger partial charge is 0.416 e. The van der Waals surface area contributed by atoms with E-state index in [1.807, 2.05) is 20.8 Å². The summed E-state index contributed by atoms with van der Waals surface area (Å²) in [7, 11) is 0. The zero-order valence-electron chi connectivity index (χ0n) is 13.6. The minimum absolute atomic E-state index is 0.0403. The standard InChI is InChI=1S/C17H22F3NO2/c1-16(2,3)23-15(22)21-10-4-5-13(11-21)12-6-8-14(9-7-12)17(18,19)20/h6-9,13H,4-5,10-11H2,1-3H3. The van der Waals surface area contributed by atoms with Crippen LogP contribution in [0.25, 0.3) is 0 Å². The molecule has 1 aromatic carbocycles. The molecule has 1 aromatic rings. The fourth-order valence-electron chi connectivity index (χ4n) is 2.69. The summed E-state index contributed by atoms with van der Waals surface area (Å²) in [6, 6.07) is 5.21. The average molecular weight is 329 g/mol. The number of carbonyl (C=O) groups excluding carboxylic acids is 1. The zero-order valence-corrected chi connectivity index (χ0v) is 13.6. The molecule has 1 saturated heterocycles. The molecule has 1 aliphatic rings. The van der Waals surface area contributed by atoms with Crippen molar-refractivity contribution in [3.63, 3.8) is 0 Å². The van der Waals surface area contributed by atoms with E-state index in [1.54, 1.807) is 4.90 Å². The van der Waals surface area contributed by atoms with Gasteiger partial charge in [0.05, 0.1) is 5.56 Å². The molecule has 1 atom stereocenters. The third-order valence-corrected chi connectivity index (χ3v) is 3.78. The number of carbonyl (C=O) groups is 1. The van der Waals surface area contributed by atoms with Gasteiger partial charge < -0.3 is 9.64 Å². The number of nitrogens with zero attached hydrogens (tertiary/aromatic N) is 1. The molecule has 0 radical (unpaired) electrons. The van der Waals surface area contributed by atoms with Crippen LogP contribution in [0.15, 0.2) is 24.3 Å². The summed E-state index contributed by atoms with van der Waals surface area (Å²) in [5, 5.41) is 0. The molecule has 0 saturated carbocycles. The summed E-state index contributed by atoms with van der Waals surface area (Å²) >= 11 is 0. The van der Waals surface area contributed by atoms with E-state index >= 15 is 0 Å². The van der Waals surface area contributed by atoms with Crippen LogP contribution < -0.4 is 0 Å². The molecule has 1 unspecified atom stereocenters. The minimum atomic E-state index is -4.33. The second kappa shape index (κ2) is 6.42. The predicted octanol–water partition coefficient (Wildman–Crippen LogP) is 4.82. The van der Waals surface area contributed by atoms with Gasteiger partial charge in [0.2, 0.25) is 0 Å². The zero-order chi connectivity index (χ0) is 17.3. The maximum Gasteiger partial charge on any atom is 0.416 e. The van der Waals surface area contributed by atoms with E-state index in [0.29, 0.717) is 13.1 Å². The molecule has 6 heteroatoms. The van der Waals surface area contributed by atoms with Crippen LogP contribution in [-0.2, 0) is 10.9 Å². The van der Waals surface area contributed by atoms with E-state index in [0.717, 1.165) is 30.5 Å². The van der Waals surface area contributed by atoms with Crippen molar-refractivity contribution in [2.75, 3.05) is 13.1 Å². The first-order chi connectivity index (χ1) is 10.6. The number of rotatable bonds is 1. The quantitative estimate of drug-likeness (QED) is 0.739. The second-order valence-electron chi connectivity index (χ2n) is 6.89. The molecular formula is C17H22F3NO2. The van der Waals surface area contributed by atoms with Crippen LogP contribution in [0.3, 0.4) is 0 Å². The Morgan fingerprint density at radius 1 is 1.17 bits per heavy atom. The lowest BCUT2D eigenvalue weighted by atomic mass is 9.90. The van der Waals surface area contributed by atoms with Crippen molar-refractivity contribution in [3.05, 3.63) is 35.4 Å². The minimum Gasteiger partial charge on any atom is -0.444 e. The van der Waals surface area contributed by atoms with Crippen molar-refractivity contribution in [2.45, 2.75) is 51.3 Å². The molecule has 0 aromatic heterocycles.